The van der Waals surface area contributed by atoms with Gasteiger partial charge in [-0.3, -0.25) is 0 Å². The van der Waals surface area contributed by atoms with Gasteiger partial charge in [-0.05, 0) is 0 Å². The average molecular weight is 73.1 g/mol. The first-order valence-corrected chi connectivity index (χ1v) is 1.89. The second-order valence-electron chi connectivity index (χ2n) is 2.13. The Balaban J connectivity index is 2.38. The van der Waals surface area contributed by atoms with E-state index in [1.54, 1.807) is 0 Å². The lowest BCUT2D eigenvalue weighted by Crippen LogP contribution is -1.92. The Morgan fingerprint density at radius 2 is 1.80 bits per heavy atom. The third-order valence-corrected chi connectivity index (χ3v) is 0.791. The van der Waals surface area contributed by atoms with E-state index in [1.165, 1.54) is 0 Å². The molecule has 0 spiro atoms. The van der Waals surface area contributed by atoms with E-state index in [1.807, 2.05) is 0 Å². The Labute approximate surface area is 31.9 Å². The summed E-state index contributed by atoms with van der Waals surface area (Å²) >= 11 is 0. The molecule has 1 fully saturated rings. The van der Waals surface area contributed by atoms with Gasteiger partial charge in [0.05, 0.1) is 0 Å². The highest BCUT2D eigenvalue weighted by Gasteiger charge is 2.41. The van der Waals surface area contributed by atoms with Crippen LogP contribution in [0.25, 0.3) is 0 Å². The topological polar surface area (TPSA) is 12.8 Å². The standard InChI is InChI=1S/C4H8O/c1-4(2)3-5-4/h3H2,1-2H3/p+1. The Kier molecular flexibility index (Phi) is 0.346. The molecule has 0 saturated carbocycles. The van der Waals surface area contributed by atoms with Crippen LogP contribution in [0.1, 0.15) is 13.8 Å². The SMILES string of the molecule is CC1(C)C[OH+]1. The summed E-state index contributed by atoms with van der Waals surface area (Å²) in [5, 5.41) is 0. The van der Waals surface area contributed by atoms with Gasteiger partial charge in [0.25, 0.3) is 0 Å². The maximum atomic E-state index is 4.03. The first-order chi connectivity index (χ1) is 2.21. The molecule has 1 aliphatic heterocycles. The normalized spacial score (nSPS) is 30.0. The van der Waals surface area contributed by atoms with E-state index in [-0.39, 0.29) is 0 Å². The second-order valence-corrected chi connectivity index (χ2v) is 2.13. The first kappa shape index (κ1) is 3.16. The molecule has 1 saturated heterocycles. The number of epoxide rings is 1. The number of ether oxygens (including phenoxy) is 1. The molecule has 30 valence electrons. The molecule has 1 rings (SSSR count). The highest BCUT2D eigenvalue weighted by atomic mass is 16.6. The number of rotatable bonds is 0. The van der Waals surface area contributed by atoms with Gasteiger partial charge in [0.15, 0.2) is 0 Å². The van der Waals surface area contributed by atoms with Gasteiger partial charge in [0.2, 0.25) is 12.2 Å². The van der Waals surface area contributed by atoms with Crippen molar-refractivity contribution in [2.75, 3.05) is 6.61 Å². The third kappa shape index (κ3) is 0.618. The summed E-state index contributed by atoms with van der Waals surface area (Å²) in [4.78, 5) is 0. The maximum absolute atomic E-state index is 4.03. The molecule has 0 unspecified atom stereocenters. The summed E-state index contributed by atoms with van der Waals surface area (Å²) in [5.41, 5.74) is 0.375. The maximum Gasteiger partial charge on any atom is 0.228 e. The predicted molar refractivity (Wildman–Crippen MR) is 21.2 cm³/mol. The average Bonchev–Trinajstić information content (AvgIpc) is 1.76. The van der Waals surface area contributed by atoms with Gasteiger partial charge in [0.1, 0.15) is 0 Å². The van der Waals surface area contributed by atoms with Crippen molar-refractivity contribution < 1.29 is 4.74 Å². The summed E-state index contributed by atoms with van der Waals surface area (Å²) in [6.07, 6.45) is 0. The molecule has 0 atom stereocenters. The number of hydrogen-bond acceptors (Lipinski definition) is 0. The predicted octanol–water partition coefficient (Wildman–Crippen LogP) is 0.307. The van der Waals surface area contributed by atoms with Crippen LogP contribution < -0.4 is 0 Å². The molecule has 0 radical (unpaired) electrons. The molecule has 1 N–H and O–H groups in total. The van der Waals surface area contributed by atoms with E-state index < -0.39 is 0 Å². The molecular weight excluding hydrogens is 64.0 g/mol. The molecule has 1 heterocycles. The molecule has 5 heavy (non-hydrogen) atoms. The molecule has 0 aromatic rings. The molecule has 0 aliphatic carbocycles. The van der Waals surface area contributed by atoms with Crippen LogP contribution in [0.3, 0.4) is 0 Å². The van der Waals surface area contributed by atoms with Crippen molar-refractivity contribution in [1.29, 1.82) is 0 Å². The van der Waals surface area contributed by atoms with Crippen LogP contribution in [-0.2, 0) is 0 Å². The van der Waals surface area contributed by atoms with Crippen molar-refractivity contribution in [3.63, 3.8) is 0 Å². The zero-order valence-corrected chi connectivity index (χ0v) is 3.65. The largest absolute Gasteiger partial charge is 0.418 e. The summed E-state index contributed by atoms with van der Waals surface area (Å²) in [6.45, 7) is 5.34. The van der Waals surface area contributed by atoms with Crippen molar-refractivity contribution in [3.8, 4) is 0 Å². The Bertz CT molecular complexity index is 41.6. The summed E-state index contributed by atoms with van der Waals surface area (Å²) in [5.74, 6) is 0. The van der Waals surface area contributed by atoms with E-state index >= 15 is 0 Å². The van der Waals surface area contributed by atoms with Gasteiger partial charge in [-0.15, -0.1) is 0 Å². The van der Waals surface area contributed by atoms with Crippen LogP contribution in [0.4, 0.5) is 0 Å². The lowest BCUT2D eigenvalue weighted by atomic mass is 10.3. The Morgan fingerprint density at radius 3 is 1.80 bits per heavy atom. The minimum Gasteiger partial charge on any atom is -0.418 e. The summed E-state index contributed by atoms with van der Waals surface area (Å²) in [6, 6.07) is 0. The van der Waals surface area contributed by atoms with Crippen molar-refractivity contribution in [1.82, 2.24) is 0 Å². The molecule has 1 aliphatic rings. The second kappa shape index (κ2) is 0.548. The van der Waals surface area contributed by atoms with Gasteiger partial charge in [-0.2, -0.15) is 0 Å². The Hall–Kier alpha value is -0.0400. The van der Waals surface area contributed by atoms with Crippen LogP contribution in [-0.4, -0.2) is 16.9 Å². The lowest BCUT2D eigenvalue weighted by Gasteiger charge is -1.73. The summed E-state index contributed by atoms with van der Waals surface area (Å²) in [7, 11) is 0. The monoisotopic (exact) mass is 73.1 g/mol. The van der Waals surface area contributed by atoms with Crippen molar-refractivity contribution in [2.24, 2.45) is 0 Å². The van der Waals surface area contributed by atoms with Crippen LogP contribution in [0.2, 0.25) is 0 Å². The van der Waals surface area contributed by atoms with Gasteiger partial charge >= 0.3 is 0 Å². The quantitative estimate of drug-likeness (QED) is 0.289. The zero-order valence-electron chi connectivity index (χ0n) is 3.65. The van der Waals surface area contributed by atoms with Gasteiger partial charge in [-0.1, -0.05) is 0 Å². The smallest absolute Gasteiger partial charge is 0.228 e. The van der Waals surface area contributed by atoms with E-state index in [0.717, 1.165) is 6.61 Å². The molecular formula is C4H9O+. The van der Waals surface area contributed by atoms with Crippen LogP contribution >= 0.6 is 0 Å². The lowest BCUT2D eigenvalue weighted by molar-refractivity contribution is 0.157. The minimum atomic E-state index is 0.375. The van der Waals surface area contributed by atoms with Gasteiger partial charge in [0, 0.05) is 13.8 Å². The van der Waals surface area contributed by atoms with E-state index in [4.69, 9.17) is 0 Å². The minimum absolute atomic E-state index is 0.375. The van der Waals surface area contributed by atoms with Crippen LogP contribution in [0, 0.1) is 0 Å². The molecule has 1 heteroatoms. The van der Waals surface area contributed by atoms with E-state index in [0.29, 0.717) is 5.60 Å². The number of aliphatic hydroxyl groups is 2. The van der Waals surface area contributed by atoms with Crippen molar-refractivity contribution in [2.45, 2.75) is 19.4 Å². The fourth-order valence-electron chi connectivity index (χ4n) is 0.158. The fraction of sp³-hybridized carbons (Fsp3) is 1.00. The molecule has 0 amide bonds. The van der Waals surface area contributed by atoms with Gasteiger partial charge in [-0.25, -0.2) is 0 Å². The van der Waals surface area contributed by atoms with Crippen LogP contribution in [0.15, 0.2) is 0 Å². The van der Waals surface area contributed by atoms with Crippen LogP contribution in [0.5, 0.6) is 0 Å². The number of hydrogen-bond donors (Lipinski definition) is 0. The highest BCUT2D eigenvalue weighted by molar-refractivity contribution is 4.77. The van der Waals surface area contributed by atoms with Crippen molar-refractivity contribution in [3.05, 3.63) is 0 Å². The first-order valence-electron chi connectivity index (χ1n) is 1.89. The molecule has 0 bridgehead atoms. The third-order valence-electron chi connectivity index (χ3n) is 0.791. The fourth-order valence-corrected chi connectivity index (χ4v) is 0.158. The molecule has 0 aromatic carbocycles. The molecule has 0 aromatic heterocycles. The Morgan fingerprint density at radius 1 is 1.60 bits per heavy atom. The highest BCUT2D eigenvalue weighted by Crippen LogP contribution is 2.18. The van der Waals surface area contributed by atoms with Crippen molar-refractivity contribution >= 4 is 0 Å². The summed E-state index contributed by atoms with van der Waals surface area (Å²) < 4.78 is 4.03. The van der Waals surface area contributed by atoms with Gasteiger partial charge < -0.3 is 4.74 Å². The zero-order chi connectivity index (χ0) is 3.91. The molecule has 1 nitrogen and oxygen atoms in total. The van der Waals surface area contributed by atoms with E-state index in [2.05, 4.69) is 18.6 Å². The van der Waals surface area contributed by atoms with E-state index in [9.17, 15) is 0 Å².